The first-order chi connectivity index (χ1) is 6.99. The highest BCUT2D eigenvalue weighted by Crippen LogP contribution is 2.17. The number of benzene rings is 1. The number of aliphatic hydroxyl groups excluding tert-OH is 1. The maximum Gasteiger partial charge on any atom is 0.147 e. The van der Waals surface area contributed by atoms with Crippen molar-refractivity contribution in [1.82, 2.24) is 0 Å². The van der Waals surface area contributed by atoms with Crippen molar-refractivity contribution in [3.63, 3.8) is 0 Å². The molecule has 0 bridgehead atoms. The molecule has 1 aromatic rings. The van der Waals surface area contributed by atoms with Crippen LogP contribution in [0, 0.1) is 0 Å². The molecule has 0 aliphatic carbocycles. The first kappa shape index (κ1) is 12.2. The van der Waals surface area contributed by atoms with Crippen molar-refractivity contribution in [2.75, 3.05) is 12.0 Å². The van der Waals surface area contributed by atoms with E-state index in [9.17, 15) is 13.5 Å². The lowest BCUT2D eigenvalue weighted by Gasteiger charge is -2.09. The summed E-state index contributed by atoms with van der Waals surface area (Å²) in [4.78, 5) is 0. The SMILES string of the molecule is CS(=O)(=O)CCCC(O)c1ccccc1. The highest BCUT2D eigenvalue weighted by molar-refractivity contribution is 7.90. The minimum atomic E-state index is -2.91. The summed E-state index contributed by atoms with van der Waals surface area (Å²) in [5.74, 6) is 0.136. The molecule has 1 N–H and O–H groups in total. The summed E-state index contributed by atoms with van der Waals surface area (Å²) in [7, 11) is -2.91. The highest BCUT2D eigenvalue weighted by atomic mass is 32.2. The lowest BCUT2D eigenvalue weighted by Crippen LogP contribution is -2.05. The Bertz CT molecular complexity index is 384. The van der Waals surface area contributed by atoms with Gasteiger partial charge in [0.2, 0.25) is 0 Å². The van der Waals surface area contributed by atoms with E-state index in [0.29, 0.717) is 12.8 Å². The maximum absolute atomic E-state index is 10.9. The van der Waals surface area contributed by atoms with Gasteiger partial charge in [-0.15, -0.1) is 0 Å². The summed E-state index contributed by atoms with van der Waals surface area (Å²) >= 11 is 0. The van der Waals surface area contributed by atoms with Crippen LogP contribution in [-0.2, 0) is 9.84 Å². The molecule has 0 fully saturated rings. The predicted molar refractivity (Wildman–Crippen MR) is 60.3 cm³/mol. The fraction of sp³-hybridized carbons (Fsp3) is 0.455. The molecule has 4 heteroatoms. The lowest BCUT2D eigenvalue weighted by molar-refractivity contribution is 0.166. The van der Waals surface area contributed by atoms with Gasteiger partial charge >= 0.3 is 0 Å². The van der Waals surface area contributed by atoms with Gasteiger partial charge in [-0.3, -0.25) is 0 Å². The lowest BCUT2D eigenvalue weighted by atomic mass is 10.1. The van der Waals surface area contributed by atoms with Crippen molar-refractivity contribution in [3.8, 4) is 0 Å². The Labute approximate surface area is 90.7 Å². The number of hydrogen-bond donors (Lipinski definition) is 1. The smallest absolute Gasteiger partial charge is 0.147 e. The van der Waals surface area contributed by atoms with E-state index in [-0.39, 0.29) is 5.75 Å². The van der Waals surface area contributed by atoms with Crippen LogP contribution in [0.25, 0.3) is 0 Å². The van der Waals surface area contributed by atoms with Crippen LogP contribution in [0.2, 0.25) is 0 Å². The molecule has 1 atom stereocenters. The molecule has 0 heterocycles. The van der Waals surface area contributed by atoms with Crippen LogP contribution < -0.4 is 0 Å². The van der Waals surface area contributed by atoms with Gasteiger partial charge in [0.1, 0.15) is 9.84 Å². The zero-order valence-corrected chi connectivity index (χ0v) is 9.57. The highest BCUT2D eigenvalue weighted by Gasteiger charge is 2.08. The molecule has 1 rings (SSSR count). The molecule has 84 valence electrons. The summed E-state index contributed by atoms with van der Waals surface area (Å²) in [5, 5.41) is 9.72. The molecule has 0 aliphatic heterocycles. The van der Waals surface area contributed by atoms with Crippen LogP contribution in [-0.4, -0.2) is 25.5 Å². The Balaban J connectivity index is 2.41. The van der Waals surface area contributed by atoms with E-state index in [1.165, 1.54) is 6.26 Å². The topological polar surface area (TPSA) is 54.4 Å². The maximum atomic E-state index is 10.9. The van der Waals surface area contributed by atoms with Crippen molar-refractivity contribution in [1.29, 1.82) is 0 Å². The van der Waals surface area contributed by atoms with Crippen molar-refractivity contribution in [2.45, 2.75) is 18.9 Å². The molecule has 1 unspecified atom stereocenters. The molecule has 0 spiro atoms. The second-order valence-corrected chi connectivity index (χ2v) is 5.96. The average Bonchev–Trinajstić information content (AvgIpc) is 2.17. The number of hydrogen-bond acceptors (Lipinski definition) is 3. The molecule has 0 radical (unpaired) electrons. The van der Waals surface area contributed by atoms with Gasteiger partial charge in [0.05, 0.1) is 6.10 Å². The second-order valence-electron chi connectivity index (χ2n) is 3.70. The van der Waals surface area contributed by atoms with Gasteiger partial charge in [-0.2, -0.15) is 0 Å². The van der Waals surface area contributed by atoms with E-state index in [1.54, 1.807) is 0 Å². The molecule has 15 heavy (non-hydrogen) atoms. The van der Waals surface area contributed by atoms with E-state index in [2.05, 4.69) is 0 Å². The third-order valence-electron chi connectivity index (χ3n) is 2.18. The quantitative estimate of drug-likeness (QED) is 0.831. The van der Waals surface area contributed by atoms with Crippen molar-refractivity contribution in [2.24, 2.45) is 0 Å². The molecule has 0 aromatic heterocycles. The minimum absolute atomic E-state index is 0.136. The molecule has 0 saturated heterocycles. The molecule has 0 amide bonds. The van der Waals surface area contributed by atoms with Crippen LogP contribution in [0.5, 0.6) is 0 Å². The summed E-state index contributed by atoms with van der Waals surface area (Å²) < 4.78 is 21.7. The van der Waals surface area contributed by atoms with Gasteiger partial charge in [0, 0.05) is 12.0 Å². The van der Waals surface area contributed by atoms with Crippen LogP contribution in [0.3, 0.4) is 0 Å². The Hall–Kier alpha value is -0.870. The van der Waals surface area contributed by atoms with Gasteiger partial charge in [0.25, 0.3) is 0 Å². The fourth-order valence-corrected chi connectivity index (χ4v) is 2.07. The Morgan fingerprint density at radius 1 is 1.27 bits per heavy atom. The molecule has 3 nitrogen and oxygen atoms in total. The van der Waals surface area contributed by atoms with Crippen LogP contribution in [0.15, 0.2) is 30.3 Å². The van der Waals surface area contributed by atoms with Crippen molar-refractivity contribution in [3.05, 3.63) is 35.9 Å². The first-order valence-electron chi connectivity index (χ1n) is 4.90. The van der Waals surface area contributed by atoms with E-state index in [4.69, 9.17) is 0 Å². The largest absolute Gasteiger partial charge is 0.388 e. The Morgan fingerprint density at radius 3 is 2.40 bits per heavy atom. The first-order valence-corrected chi connectivity index (χ1v) is 6.96. The van der Waals surface area contributed by atoms with E-state index < -0.39 is 15.9 Å². The van der Waals surface area contributed by atoms with Crippen LogP contribution in [0.1, 0.15) is 24.5 Å². The Morgan fingerprint density at radius 2 is 1.87 bits per heavy atom. The van der Waals surface area contributed by atoms with Crippen LogP contribution in [0.4, 0.5) is 0 Å². The molecule has 1 aromatic carbocycles. The summed E-state index contributed by atoms with van der Waals surface area (Å²) in [6, 6.07) is 9.27. The zero-order valence-electron chi connectivity index (χ0n) is 8.76. The van der Waals surface area contributed by atoms with E-state index >= 15 is 0 Å². The van der Waals surface area contributed by atoms with Crippen molar-refractivity contribution < 1.29 is 13.5 Å². The summed E-state index contributed by atoms with van der Waals surface area (Å²) in [6.45, 7) is 0. The predicted octanol–water partition coefficient (Wildman–Crippen LogP) is 1.54. The molecule has 0 aliphatic rings. The molecular weight excluding hydrogens is 212 g/mol. The monoisotopic (exact) mass is 228 g/mol. The van der Waals surface area contributed by atoms with E-state index in [0.717, 1.165) is 5.56 Å². The van der Waals surface area contributed by atoms with E-state index in [1.807, 2.05) is 30.3 Å². The average molecular weight is 228 g/mol. The number of rotatable bonds is 5. The number of sulfone groups is 1. The zero-order chi connectivity index (χ0) is 11.3. The molecule has 0 saturated carbocycles. The normalized spacial score (nSPS) is 13.7. The molecular formula is C11H16O3S. The van der Waals surface area contributed by atoms with Crippen LogP contribution >= 0.6 is 0 Å². The van der Waals surface area contributed by atoms with Gasteiger partial charge in [-0.25, -0.2) is 8.42 Å². The fourth-order valence-electron chi connectivity index (χ4n) is 1.38. The van der Waals surface area contributed by atoms with Gasteiger partial charge in [-0.1, -0.05) is 30.3 Å². The van der Waals surface area contributed by atoms with Gasteiger partial charge in [0.15, 0.2) is 0 Å². The van der Waals surface area contributed by atoms with Crippen molar-refractivity contribution >= 4 is 9.84 Å². The summed E-state index contributed by atoms with van der Waals surface area (Å²) in [5.41, 5.74) is 0.839. The number of aliphatic hydroxyl groups is 1. The summed E-state index contributed by atoms with van der Waals surface area (Å²) in [6.07, 6.45) is 1.63. The Kier molecular flexibility index (Phi) is 4.29. The van der Waals surface area contributed by atoms with Gasteiger partial charge in [-0.05, 0) is 18.4 Å². The standard InChI is InChI=1S/C11H16O3S/c1-15(13,14)9-5-8-11(12)10-6-3-2-4-7-10/h2-4,6-7,11-12H,5,8-9H2,1H3. The third-order valence-corrected chi connectivity index (χ3v) is 3.21. The third kappa shape index (κ3) is 4.95. The van der Waals surface area contributed by atoms with Gasteiger partial charge < -0.3 is 5.11 Å². The second kappa shape index (κ2) is 5.28. The minimum Gasteiger partial charge on any atom is -0.388 e.